The zero-order valence-electron chi connectivity index (χ0n) is 37.4. The van der Waals surface area contributed by atoms with E-state index < -0.39 is 47.8 Å². The van der Waals surface area contributed by atoms with Gasteiger partial charge in [0.1, 0.15) is 29.6 Å². The predicted octanol–water partition coefficient (Wildman–Crippen LogP) is 6.25. The van der Waals surface area contributed by atoms with Crippen LogP contribution in [0.3, 0.4) is 0 Å². The molecule has 1 unspecified atom stereocenters. The topological polar surface area (TPSA) is 146 Å². The highest BCUT2D eigenvalue weighted by atomic mass is 16.5. The number of benzene rings is 3. The molecule has 0 spiro atoms. The molecule has 5 amide bonds. The van der Waals surface area contributed by atoms with E-state index in [9.17, 15) is 24.0 Å². The molecule has 3 aromatic rings. The highest BCUT2D eigenvalue weighted by Crippen LogP contribution is 2.27. The first-order valence-corrected chi connectivity index (χ1v) is 21.9. The number of piperidine rings is 1. The SMILES string of the molecule is COC1=CC(=O)N(C(=O)/C=C/[C@H](CCc2ccccc2)NC(=O)[C@H](CC(C)C)NC(=O)[C@H](CC(C)C)NC(=O)C2CCN(C)CC2)C1Cc1ccc(-c2ccc(OC)cc2)cc1. The van der Waals surface area contributed by atoms with Gasteiger partial charge in [-0.25, -0.2) is 0 Å². The van der Waals surface area contributed by atoms with Crippen molar-refractivity contribution in [1.82, 2.24) is 25.8 Å². The Hall–Kier alpha value is -5.75. The Balaban J connectivity index is 1.31. The third-order valence-corrected chi connectivity index (χ3v) is 11.6. The highest BCUT2D eigenvalue weighted by molar-refractivity contribution is 6.08. The van der Waals surface area contributed by atoms with E-state index in [4.69, 9.17) is 9.47 Å². The number of carbonyl (C=O) groups is 5. The summed E-state index contributed by atoms with van der Waals surface area (Å²) in [5.74, 6) is -0.786. The lowest BCUT2D eigenvalue weighted by Gasteiger charge is -2.30. The zero-order chi connectivity index (χ0) is 44.8. The zero-order valence-corrected chi connectivity index (χ0v) is 37.4. The molecular weight excluding hydrogens is 783 g/mol. The van der Waals surface area contributed by atoms with Crippen molar-refractivity contribution < 1.29 is 33.4 Å². The maximum absolute atomic E-state index is 14.2. The van der Waals surface area contributed by atoms with Crippen LogP contribution in [0, 0.1) is 17.8 Å². The lowest BCUT2D eigenvalue weighted by Crippen LogP contribution is -2.56. The molecule has 62 heavy (non-hydrogen) atoms. The van der Waals surface area contributed by atoms with E-state index in [1.54, 1.807) is 13.2 Å². The number of aryl methyl sites for hydroxylation is 1. The van der Waals surface area contributed by atoms with E-state index in [1.165, 1.54) is 24.2 Å². The number of nitrogens with one attached hydrogen (secondary N) is 3. The lowest BCUT2D eigenvalue weighted by molar-refractivity contribution is -0.139. The molecule has 2 aliphatic heterocycles. The minimum atomic E-state index is -0.894. The second kappa shape index (κ2) is 22.9. The smallest absolute Gasteiger partial charge is 0.257 e. The summed E-state index contributed by atoms with van der Waals surface area (Å²) in [5.41, 5.74) is 4.01. The molecule has 2 aliphatic rings. The van der Waals surface area contributed by atoms with Gasteiger partial charge >= 0.3 is 0 Å². The van der Waals surface area contributed by atoms with Crippen LogP contribution in [0.25, 0.3) is 11.1 Å². The van der Waals surface area contributed by atoms with Crippen LogP contribution >= 0.6 is 0 Å². The molecular formula is C50H65N5O7. The van der Waals surface area contributed by atoms with Gasteiger partial charge < -0.3 is 30.3 Å². The Kier molecular flexibility index (Phi) is 17.5. The molecule has 12 nitrogen and oxygen atoms in total. The molecule has 0 aliphatic carbocycles. The number of hydrogen-bond donors (Lipinski definition) is 3. The fraction of sp³-hybridized carbons (Fsp3) is 0.460. The van der Waals surface area contributed by atoms with E-state index in [0.717, 1.165) is 53.9 Å². The minimum Gasteiger partial charge on any atom is -0.499 e. The van der Waals surface area contributed by atoms with Crippen LogP contribution in [0.2, 0.25) is 0 Å². The summed E-state index contributed by atoms with van der Waals surface area (Å²) in [6.45, 7) is 9.59. The molecule has 332 valence electrons. The number of carbonyl (C=O) groups excluding carboxylic acids is 5. The van der Waals surface area contributed by atoms with Crippen LogP contribution in [0.4, 0.5) is 0 Å². The summed E-state index contributed by atoms with van der Waals surface area (Å²) in [6, 6.07) is 22.6. The largest absolute Gasteiger partial charge is 0.499 e. The highest BCUT2D eigenvalue weighted by Gasteiger charge is 2.38. The van der Waals surface area contributed by atoms with Crippen LogP contribution < -0.4 is 20.7 Å². The number of methoxy groups -OCH3 is 2. The Bertz CT molecular complexity index is 2020. The maximum Gasteiger partial charge on any atom is 0.257 e. The lowest BCUT2D eigenvalue weighted by atomic mass is 9.94. The molecule has 0 radical (unpaired) electrons. The Labute approximate surface area is 367 Å². The number of likely N-dealkylation sites (tertiary alicyclic amines) is 1. The average molecular weight is 848 g/mol. The molecule has 0 bridgehead atoms. The number of ether oxygens (including phenoxy) is 2. The van der Waals surface area contributed by atoms with Gasteiger partial charge in [-0.1, -0.05) is 101 Å². The second-order valence-electron chi connectivity index (χ2n) is 17.4. The number of hydrogen-bond acceptors (Lipinski definition) is 8. The van der Waals surface area contributed by atoms with Crippen molar-refractivity contribution in [3.05, 3.63) is 114 Å². The van der Waals surface area contributed by atoms with Crippen molar-refractivity contribution >= 4 is 29.5 Å². The summed E-state index contributed by atoms with van der Waals surface area (Å²) in [4.78, 5) is 72.2. The van der Waals surface area contributed by atoms with Crippen molar-refractivity contribution in [2.45, 2.75) is 96.8 Å². The summed E-state index contributed by atoms with van der Waals surface area (Å²) in [7, 11) is 5.15. The second-order valence-corrected chi connectivity index (χ2v) is 17.4. The third-order valence-electron chi connectivity index (χ3n) is 11.6. The Morgan fingerprint density at radius 2 is 1.32 bits per heavy atom. The Morgan fingerprint density at radius 1 is 0.742 bits per heavy atom. The first-order chi connectivity index (χ1) is 29.7. The number of rotatable bonds is 20. The normalized spacial score (nSPS) is 17.4. The molecule has 5 rings (SSSR count). The van der Waals surface area contributed by atoms with Crippen LogP contribution in [-0.2, 0) is 41.6 Å². The van der Waals surface area contributed by atoms with Gasteiger partial charge in [0, 0.05) is 30.5 Å². The molecule has 3 N–H and O–H groups in total. The van der Waals surface area contributed by atoms with Gasteiger partial charge in [0.05, 0.1) is 14.2 Å². The van der Waals surface area contributed by atoms with Crippen LogP contribution in [0.5, 0.6) is 5.75 Å². The van der Waals surface area contributed by atoms with E-state index in [-0.39, 0.29) is 23.7 Å². The van der Waals surface area contributed by atoms with Gasteiger partial charge in [0.2, 0.25) is 17.7 Å². The van der Waals surface area contributed by atoms with Crippen LogP contribution in [0.15, 0.2) is 103 Å². The molecule has 3 aromatic carbocycles. The summed E-state index contributed by atoms with van der Waals surface area (Å²) in [5, 5.41) is 9.08. The van der Waals surface area contributed by atoms with E-state index >= 15 is 0 Å². The molecule has 1 saturated heterocycles. The van der Waals surface area contributed by atoms with Gasteiger partial charge in [0.15, 0.2) is 0 Å². The number of amides is 5. The molecule has 2 heterocycles. The van der Waals surface area contributed by atoms with Crippen molar-refractivity contribution in [2.75, 3.05) is 34.4 Å². The molecule has 4 atom stereocenters. The monoisotopic (exact) mass is 847 g/mol. The minimum absolute atomic E-state index is 0.0579. The van der Waals surface area contributed by atoms with E-state index in [0.29, 0.717) is 37.9 Å². The molecule has 1 fully saturated rings. The number of imide groups is 1. The summed E-state index contributed by atoms with van der Waals surface area (Å²) < 4.78 is 10.9. The third kappa shape index (κ3) is 13.6. The fourth-order valence-corrected chi connectivity index (χ4v) is 8.04. The number of nitrogens with zero attached hydrogens (tertiary/aromatic N) is 2. The standard InChI is InChI=1S/C50H65N5O7/c1-33(2)29-42(53-50(60)43(30-34(3)4)52-48(58)39-25-27-54(5)28-26-39)49(59)51-40(20-15-35-11-9-8-10-12-35)21-24-46(56)55-44(45(62-7)32-47(55)57)31-36-13-16-37(17-14-36)38-18-22-41(61-6)23-19-38/h8-14,16-19,21-24,32-34,39-40,42-44H,15,20,25-31H2,1-7H3,(H,51,59)(H,52,58)(H,53,60)/b24-21+/t40-,42-,43-,44?/m0/s1. The molecule has 0 aromatic heterocycles. The van der Waals surface area contributed by atoms with E-state index in [1.807, 2.05) is 114 Å². The summed E-state index contributed by atoms with van der Waals surface area (Å²) >= 11 is 0. The van der Waals surface area contributed by atoms with Crippen LogP contribution in [-0.4, -0.2) is 97.9 Å². The first kappa shape index (κ1) is 47.3. The Morgan fingerprint density at radius 3 is 1.90 bits per heavy atom. The quantitative estimate of drug-likeness (QED) is 0.113. The van der Waals surface area contributed by atoms with Gasteiger partial charge in [-0.2, -0.15) is 0 Å². The van der Waals surface area contributed by atoms with Crippen molar-refractivity contribution in [3.63, 3.8) is 0 Å². The molecule has 12 heteroatoms. The predicted molar refractivity (Wildman–Crippen MR) is 242 cm³/mol. The van der Waals surface area contributed by atoms with Crippen molar-refractivity contribution in [1.29, 1.82) is 0 Å². The fourth-order valence-electron chi connectivity index (χ4n) is 8.04. The summed E-state index contributed by atoms with van der Waals surface area (Å²) in [6.07, 6.45) is 7.94. The van der Waals surface area contributed by atoms with Gasteiger partial charge in [-0.3, -0.25) is 28.9 Å². The molecule has 0 saturated carbocycles. The maximum atomic E-state index is 14.2. The van der Waals surface area contributed by atoms with Crippen LogP contribution in [0.1, 0.15) is 70.9 Å². The van der Waals surface area contributed by atoms with Gasteiger partial charge in [-0.15, -0.1) is 0 Å². The first-order valence-electron chi connectivity index (χ1n) is 21.9. The average Bonchev–Trinajstić information content (AvgIpc) is 3.58. The van der Waals surface area contributed by atoms with E-state index in [2.05, 4.69) is 20.9 Å². The van der Waals surface area contributed by atoms with Gasteiger partial charge in [-0.05, 0) is 105 Å². The van der Waals surface area contributed by atoms with Gasteiger partial charge in [0.25, 0.3) is 11.8 Å². The van der Waals surface area contributed by atoms with Crippen molar-refractivity contribution in [3.8, 4) is 16.9 Å². The van der Waals surface area contributed by atoms with Crippen molar-refractivity contribution in [2.24, 2.45) is 17.8 Å².